The molecule has 0 saturated carbocycles. The molecule has 0 aliphatic heterocycles. The smallest absolute Gasteiger partial charge is 0.0700 e. The molecule has 0 rings (SSSR count). The third kappa shape index (κ3) is 13.9. The van der Waals surface area contributed by atoms with Gasteiger partial charge in [-0.25, -0.2) is 0 Å². The van der Waals surface area contributed by atoms with E-state index in [1.54, 1.807) is 7.11 Å². The summed E-state index contributed by atoms with van der Waals surface area (Å²) in [4.78, 5) is 0. The van der Waals surface area contributed by atoms with Crippen LogP contribution in [0.2, 0.25) is 0 Å². The van der Waals surface area contributed by atoms with Crippen LogP contribution in [0.1, 0.15) is 34.1 Å². The molecule has 4 nitrogen and oxygen atoms in total. The van der Waals surface area contributed by atoms with Crippen molar-refractivity contribution in [3.05, 3.63) is 0 Å². The highest BCUT2D eigenvalue weighted by atomic mass is 16.5. The molecule has 1 unspecified atom stereocenters. The SMILES string of the molecule is COCCOCCCOCC(C)CNC(C)(C)C. The molecule has 0 amide bonds. The maximum Gasteiger partial charge on any atom is 0.0700 e. The minimum Gasteiger partial charge on any atom is -0.382 e. The van der Waals surface area contributed by atoms with Crippen molar-refractivity contribution in [1.29, 1.82) is 0 Å². The second kappa shape index (κ2) is 10.7. The zero-order chi connectivity index (χ0) is 13.9. The van der Waals surface area contributed by atoms with Crippen LogP contribution in [-0.4, -0.2) is 52.2 Å². The van der Waals surface area contributed by atoms with Crippen molar-refractivity contribution in [2.45, 2.75) is 39.7 Å². The van der Waals surface area contributed by atoms with Crippen molar-refractivity contribution in [3.63, 3.8) is 0 Å². The van der Waals surface area contributed by atoms with E-state index in [0.29, 0.717) is 19.1 Å². The van der Waals surface area contributed by atoms with Crippen molar-refractivity contribution in [2.24, 2.45) is 5.92 Å². The number of methoxy groups -OCH3 is 1. The number of ether oxygens (including phenoxy) is 3. The van der Waals surface area contributed by atoms with Crippen molar-refractivity contribution in [1.82, 2.24) is 5.32 Å². The summed E-state index contributed by atoms with van der Waals surface area (Å²) in [5.74, 6) is 0.540. The normalized spacial score (nSPS) is 13.8. The van der Waals surface area contributed by atoms with E-state index in [4.69, 9.17) is 14.2 Å². The van der Waals surface area contributed by atoms with Gasteiger partial charge in [-0.1, -0.05) is 6.92 Å². The fourth-order valence-electron chi connectivity index (χ4n) is 1.33. The van der Waals surface area contributed by atoms with Gasteiger partial charge in [0.1, 0.15) is 0 Å². The van der Waals surface area contributed by atoms with Crippen LogP contribution in [0.4, 0.5) is 0 Å². The topological polar surface area (TPSA) is 39.7 Å². The lowest BCUT2D eigenvalue weighted by molar-refractivity contribution is 0.0453. The molecule has 4 heteroatoms. The van der Waals surface area contributed by atoms with Gasteiger partial charge in [-0.05, 0) is 33.1 Å². The Morgan fingerprint density at radius 1 is 1.00 bits per heavy atom. The predicted molar refractivity (Wildman–Crippen MR) is 75.1 cm³/mol. The van der Waals surface area contributed by atoms with E-state index in [-0.39, 0.29) is 5.54 Å². The molecule has 0 saturated heterocycles. The van der Waals surface area contributed by atoms with E-state index in [2.05, 4.69) is 33.0 Å². The summed E-state index contributed by atoms with van der Waals surface area (Å²) in [6.07, 6.45) is 0.948. The van der Waals surface area contributed by atoms with Crippen LogP contribution < -0.4 is 5.32 Å². The zero-order valence-corrected chi connectivity index (χ0v) is 12.8. The highest BCUT2D eigenvalue weighted by Crippen LogP contribution is 2.02. The fourth-order valence-corrected chi connectivity index (χ4v) is 1.33. The molecule has 1 N–H and O–H groups in total. The lowest BCUT2D eigenvalue weighted by Crippen LogP contribution is -2.39. The van der Waals surface area contributed by atoms with Crippen molar-refractivity contribution >= 4 is 0 Å². The van der Waals surface area contributed by atoms with Crippen LogP contribution in [0.15, 0.2) is 0 Å². The molecule has 0 aliphatic carbocycles. The van der Waals surface area contributed by atoms with Crippen LogP contribution in [-0.2, 0) is 14.2 Å². The predicted octanol–water partition coefficient (Wildman–Crippen LogP) is 2.08. The van der Waals surface area contributed by atoms with Gasteiger partial charge in [0.25, 0.3) is 0 Å². The first-order valence-electron chi connectivity index (χ1n) is 6.85. The van der Waals surface area contributed by atoms with Gasteiger partial charge in [0.2, 0.25) is 0 Å². The van der Waals surface area contributed by atoms with Gasteiger partial charge in [0.15, 0.2) is 0 Å². The first kappa shape index (κ1) is 17.8. The molecule has 0 radical (unpaired) electrons. The Hall–Kier alpha value is -0.160. The first-order valence-corrected chi connectivity index (χ1v) is 6.85. The molecule has 0 fully saturated rings. The maximum atomic E-state index is 5.62. The summed E-state index contributed by atoms with van der Waals surface area (Å²) < 4.78 is 15.9. The average Bonchev–Trinajstić information content (AvgIpc) is 2.29. The Labute approximate surface area is 112 Å². The molecule has 0 aliphatic rings. The van der Waals surface area contributed by atoms with Gasteiger partial charge in [-0.3, -0.25) is 0 Å². The van der Waals surface area contributed by atoms with E-state index in [1.165, 1.54) is 0 Å². The highest BCUT2D eigenvalue weighted by Gasteiger charge is 2.10. The van der Waals surface area contributed by atoms with E-state index < -0.39 is 0 Å². The minimum atomic E-state index is 0.184. The fraction of sp³-hybridized carbons (Fsp3) is 1.00. The average molecular weight is 261 g/mol. The Bertz CT molecular complexity index is 180. The summed E-state index contributed by atoms with van der Waals surface area (Å²) in [7, 11) is 1.68. The van der Waals surface area contributed by atoms with E-state index in [0.717, 1.165) is 32.8 Å². The van der Waals surface area contributed by atoms with Crippen LogP contribution >= 0.6 is 0 Å². The molecule has 110 valence electrons. The zero-order valence-electron chi connectivity index (χ0n) is 12.8. The van der Waals surface area contributed by atoms with Gasteiger partial charge in [-0.2, -0.15) is 0 Å². The van der Waals surface area contributed by atoms with Crippen molar-refractivity contribution in [2.75, 3.05) is 46.7 Å². The molecule has 1 atom stereocenters. The summed E-state index contributed by atoms with van der Waals surface area (Å²) in [5, 5.41) is 3.48. The lowest BCUT2D eigenvalue weighted by atomic mass is 10.1. The molecule has 0 aromatic heterocycles. The molecule has 0 bridgehead atoms. The second-order valence-corrected chi connectivity index (χ2v) is 5.77. The second-order valence-electron chi connectivity index (χ2n) is 5.77. The van der Waals surface area contributed by atoms with E-state index >= 15 is 0 Å². The van der Waals surface area contributed by atoms with Crippen LogP contribution in [0.5, 0.6) is 0 Å². The van der Waals surface area contributed by atoms with E-state index in [1.807, 2.05) is 0 Å². The number of hydrogen-bond acceptors (Lipinski definition) is 4. The first-order chi connectivity index (χ1) is 8.45. The molecular weight excluding hydrogens is 230 g/mol. The van der Waals surface area contributed by atoms with Gasteiger partial charge in [-0.15, -0.1) is 0 Å². The molecule has 0 aromatic carbocycles. The Morgan fingerprint density at radius 3 is 2.28 bits per heavy atom. The van der Waals surface area contributed by atoms with Crippen LogP contribution in [0.25, 0.3) is 0 Å². The quantitative estimate of drug-likeness (QED) is 0.578. The maximum absolute atomic E-state index is 5.62. The standard InChI is InChI=1S/C14H31NO3/c1-13(11-15-14(2,3)4)12-18-8-6-7-17-10-9-16-5/h13,15H,6-12H2,1-5H3. The summed E-state index contributed by atoms with van der Waals surface area (Å²) in [6.45, 7) is 13.4. The van der Waals surface area contributed by atoms with Gasteiger partial charge < -0.3 is 19.5 Å². The van der Waals surface area contributed by atoms with Gasteiger partial charge in [0, 0.05) is 32.4 Å². The van der Waals surface area contributed by atoms with Crippen LogP contribution in [0, 0.1) is 5.92 Å². The largest absolute Gasteiger partial charge is 0.382 e. The molecule has 0 aromatic rings. The molecule has 18 heavy (non-hydrogen) atoms. The summed E-state index contributed by atoms with van der Waals surface area (Å²) >= 11 is 0. The van der Waals surface area contributed by atoms with Gasteiger partial charge in [0.05, 0.1) is 19.8 Å². The van der Waals surface area contributed by atoms with Crippen LogP contribution in [0.3, 0.4) is 0 Å². The number of nitrogens with one attached hydrogen (secondary N) is 1. The van der Waals surface area contributed by atoms with Crippen molar-refractivity contribution < 1.29 is 14.2 Å². The molecular formula is C14H31NO3. The van der Waals surface area contributed by atoms with E-state index in [9.17, 15) is 0 Å². The van der Waals surface area contributed by atoms with Gasteiger partial charge >= 0.3 is 0 Å². The summed E-state index contributed by atoms with van der Waals surface area (Å²) in [5.41, 5.74) is 0.184. The molecule has 0 spiro atoms. The number of rotatable bonds is 11. The Kier molecular flexibility index (Phi) is 10.6. The Morgan fingerprint density at radius 2 is 1.67 bits per heavy atom. The number of hydrogen-bond donors (Lipinski definition) is 1. The van der Waals surface area contributed by atoms with Crippen molar-refractivity contribution in [3.8, 4) is 0 Å². The monoisotopic (exact) mass is 261 g/mol. The highest BCUT2D eigenvalue weighted by molar-refractivity contribution is 4.71. The lowest BCUT2D eigenvalue weighted by Gasteiger charge is -2.23. The minimum absolute atomic E-state index is 0.184. The summed E-state index contributed by atoms with van der Waals surface area (Å²) in [6, 6.07) is 0. The third-order valence-corrected chi connectivity index (χ3v) is 2.39. The Balaban J connectivity index is 3.23. The molecule has 0 heterocycles. The third-order valence-electron chi connectivity index (χ3n) is 2.39.